The van der Waals surface area contributed by atoms with Crippen molar-refractivity contribution in [1.29, 1.82) is 0 Å². The van der Waals surface area contributed by atoms with Gasteiger partial charge in [0.05, 0.1) is 0 Å². The van der Waals surface area contributed by atoms with E-state index in [1.807, 2.05) is 0 Å². The van der Waals surface area contributed by atoms with Crippen LogP contribution in [0.1, 0.15) is 24.8 Å². The Labute approximate surface area is 91.9 Å². The summed E-state index contributed by atoms with van der Waals surface area (Å²) in [5, 5.41) is 3.57. The van der Waals surface area contributed by atoms with Crippen LogP contribution in [0.15, 0.2) is 30.3 Å². The van der Waals surface area contributed by atoms with Gasteiger partial charge in [-0.3, -0.25) is 0 Å². The Balaban J connectivity index is 1.92. The molecule has 1 saturated heterocycles. The molecule has 2 heteroatoms. The van der Waals surface area contributed by atoms with Crippen LogP contribution in [-0.2, 0) is 6.42 Å². The molecule has 15 heavy (non-hydrogen) atoms. The molecule has 2 rings (SSSR count). The number of benzene rings is 1. The number of nitrogens with two attached hydrogens (primary N) is 1. The molecule has 1 aliphatic heterocycles. The van der Waals surface area contributed by atoms with Crippen LogP contribution in [0, 0.1) is 0 Å². The third-order valence-electron chi connectivity index (χ3n) is 3.46. The van der Waals surface area contributed by atoms with Gasteiger partial charge in [0.1, 0.15) is 0 Å². The number of nitrogens with one attached hydrogen (secondary N) is 1. The molecular formula is C13H20N2. The molecule has 0 bridgehead atoms. The van der Waals surface area contributed by atoms with E-state index in [2.05, 4.69) is 35.6 Å². The second kappa shape index (κ2) is 4.77. The molecule has 82 valence electrons. The fraction of sp³-hybridized carbons (Fsp3) is 0.538. The van der Waals surface area contributed by atoms with E-state index in [0.29, 0.717) is 0 Å². The predicted octanol–water partition coefficient (Wildman–Crippen LogP) is 1.70. The zero-order valence-electron chi connectivity index (χ0n) is 9.21. The summed E-state index contributed by atoms with van der Waals surface area (Å²) in [6.07, 6.45) is 4.79. The van der Waals surface area contributed by atoms with Crippen molar-refractivity contribution < 1.29 is 0 Å². The summed E-state index contributed by atoms with van der Waals surface area (Å²) >= 11 is 0. The van der Waals surface area contributed by atoms with E-state index < -0.39 is 0 Å². The van der Waals surface area contributed by atoms with E-state index in [1.54, 1.807) is 0 Å². The van der Waals surface area contributed by atoms with Gasteiger partial charge in [-0.1, -0.05) is 30.3 Å². The Bertz CT molecular complexity index is 289. The van der Waals surface area contributed by atoms with E-state index in [-0.39, 0.29) is 5.54 Å². The van der Waals surface area contributed by atoms with Crippen molar-refractivity contribution in [3.8, 4) is 0 Å². The highest BCUT2D eigenvalue weighted by Crippen LogP contribution is 2.23. The van der Waals surface area contributed by atoms with E-state index in [0.717, 1.165) is 25.9 Å². The lowest BCUT2D eigenvalue weighted by atomic mass is 9.90. The third-order valence-corrected chi connectivity index (χ3v) is 3.46. The standard InChI is InChI=1S/C13H20N2/c14-11-13(8-4-10-15-13)9-7-12-5-2-1-3-6-12/h1-3,5-6,15H,4,7-11,14H2. The largest absolute Gasteiger partial charge is 0.329 e. The first kappa shape index (κ1) is 10.7. The Kier molecular flexibility index (Phi) is 3.39. The number of hydrogen-bond acceptors (Lipinski definition) is 2. The summed E-state index contributed by atoms with van der Waals surface area (Å²) in [5.74, 6) is 0. The van der Waals surface area contributed by atoms with Gasteiger partial charge in [0.15, 0.2) is 0 Å². The molecule has 0 aliphatic carbocycles. The highest BCUT2D eigenvalue weighted by Gasteiger charge is 2.31. The Morgan fingerprint density at radius 2 is 2.07 bits per heavy atom. The maximum absolute atomic E-state index is 5.87. The fourth-order valence-corrected chi connectivity index (χ4v) is 2.39. The molecule has 0 radical (unpaired) electrons. The summed E-state index contributed by atoms with van der Waals surface area (Å²) in [5.41, 5.74) is 7.50. The first-order valence-electron chi connectivity index (χ1n) is 5.84. The third kappa shape index (κ3) is 2.58. The van der Waals surface area contributed by atoms with E-state index in [1.165, 1.54) is 18.4 Å². The van der Waals surface area contributed by atoms with Gasteiger partial charge in [-0.15, -0.1) is 0 Å². The van der Waals surface area contributed by atoms with Crippen molar-refractivity contribution in [3.63, 3.8) is 0 Å². The monoisotopic (exact) mass is 204 g/mol. The summed E-state index contributed by atoms with van der Waals surface area (Å²) < 4.78 is 0. The van der Waals surface area contributed by atoms with E-state index in [9.17, 15) is 0 Å². The Morgan fingerprint density at radius 3 is 2.67 bits per heavy atom. The van der Waals surface area contributed by atoms with Gasteiger partial charge in [-0.25, -0.2) is 0 Å². The van der Waals surface area contributed by atoms with E-state index in [4.69, 9.17) is 5.73 Å². The molecule has 0 amide bonds. The van der Waals surface area contributed by atoms with Crippen molar-refractivity contribution in [2.45, 2.75) is 31.2 Å². The minimum absolute atomic E-state index is 0.218. The summed E-state index contributed by atoms with van der Waals surface area (Å²) in [6, 6.07) is 10.7. The van der Waals surface area contributed by atoms with Gasteiger partial charge >= 0.3 is 0 Å². The maximum atomic E-state index is 5.87. The molecule has 3 N–H and O–H groups in total. The molecule has 0 spiro atoms. The molecule has 1 fully saturated rings. The van der Waals surface area contributed by atoms with Gasteiger partial charge < -0.3 is 11.1 Å². The second-order valence-corrected chi connectivity index (χ2v) is 4.50. The lowest BCUT2D eigenvalue weighted by Crippen LogP contribution is -2.46. The minimum Gasteiger partial charge on any atom is -0.329 e. The zero-order valence-corrected chi connectivity index (χ0v) is 9.21. The van der Waals surface area contributed by atoms with Crippen LogP contribution >= 0.6 is 0 Å². The van der Waals surface area contributed by atoms with Gasteiger partial charge in [0, 0.05) is 12.1 Å². The van der Waals surface area contributed by atoms with Crippen LogP contribution in [0.3, 0.4) is 0 Å². The fourth-order valence-electron chi connectivity index (χ4n) is 2.39. The summed E-state index contributed by atoms with van der Waals surface area (Å²) in [7, 11) is 0. The number of rotatable bonds is 4. The van der Waals surface area contributed by atoms with Gasteiger partial charge in [0.2, 0.25) is 0 Å². The smallest absolute Gasteiger partial charge is 0.0307 e. The molecule has 1 heterocycles. The Morgan fingerprint density at radius 1 is 1.27 bits per heavy atom. The highest BCUT2D eigenvalue weighted by atomic mass is 15.0. The number of aryl methyl sites for hydroxylation is 1. The molecule has 2 nitrogen and oxygen atoms in total. The maximum Gasteiger partial charge on any atom is 0.0307 e. The average Bonchev–Trinajstić information content (AvgIpc) is 2.77. The van der Waals surface area contributed by atoms with Gasteiger partial charge in [0.25, 0.3) is 0 Å². The van der Waals surface area contributed by atoms with Crippen molar-refractivity contribution in [1.82, 2.24) is 5.32 Å². The first-order valence-corrected chi connectivity index (χ1v) is 5.84. The number of hydrogen-bond donors (Lipinski definition) is 2. The minimum atomic E-state index is 0.218. The lowest BCUT2D eigenvalue weighted by molar-refractivity contribution is 0.358. The van der Waals surface area contributed by atoms with Crippen molar-refractivity contribution in [2.24, 2.45) is 5.73 Å². The molecule has 1 aromatic carbocycles. The van der Waals surface area contributed by atoms with Crippen molar-refractivity contribution in [3.05, 3.63) is 35.9 Å². The van der Waals surface area contributed by atoms with Crippen molar-refractivity contribution >= 4 is 0 Å². The normalized spacial score (nSPS) is 25.7. The van der Waals surface area contributed by atoms with Crippen LogP contribution in [0.5, 0.6) is 0 Å². The van der Waals surface area contributed by atoms with Crippen molar-refractivity contribution in [2.75, 3.05) is 13.1 Å². The molecule has 1 unspecified atom stereocenters. The molecule has 1 aromatic rings. The van der Waals surface area contributed by atoms with Crippen LogP contribution < -0.4 is 11.1 Å². The van der Waals surface area contributed by atoms with Crippen LogP contribution in [-0.4, -0.2) is 18.6 Å². The summed E-state index contributed by atoms with van der Waals surface area (Å²) in [4.78, 5) is 0. The highest BCUT2D eigenvalue weighted by molar-refractivity contribution is 5.15. The SMILES string of the molecule is NCC1(CCc2ccccc2)CCCN1. The summed E-state index contributed by atoms with van der Waals surface area (Å²) in [6.45, 7) is 1.89. The quantitative estimate of drug-likeness (QED) is 0.783. The predicted molar refractivity (Wildman–Crippen MR) is 63.8 cm³/mol. The van der Waals surface area contributed by atoms with E-state index >= 15 is 0 Å². The zero-order chi connectivity index (χ0) is 10.6. The van der Waals surface area contributed by atoms with Gasteiger partial charge in [-0.05, 0) is 37.8 Å². The first-order chi connectivity index (χ1) is 7.35. The van der Waals surface area contributed by atoms with Crippen LogP contribution in [0.2, 0.25) is 0 Å². The lowest BCUT2D eigenvalue weighted by Gasteiger charge is -2.27. The topological polar surface area (TPSA) is 38.0 Å². The van der Waals surface area contributed by atoms with Gasteiger partial charge in [-0.2, -0.15) is 0 Å². The Hall–Kier alpha value is -0.860. The second-order valence-electron chi connectivity index (χ2n) is 4.50. The molecule has 0 saturated carbocycles. The molecular weight excluding hydrogens is 184 g/mol. The van der Waals surface area contributed by atoms with Crippen LogP contribution in [0.25, 0.3) is 0 Å². The molecule has 1 atom stereocenters. The van der Waals surface area contributed by atoms with Crippen LogP contribution in [0.4, 0.5) is 0 Å². The molecule has 1 aliphatic rings. The average molecular weight is 204 g/mol. The molecule has 0 aromatic heterocycles.